The topological polar surface area (TPSA) is 64.8 Å². The molecule has 0 radical (unpaired) electrons. The van der Waals surface area contributed by atoms with Gasteiger partial charge in [-0.3, -0.25) is 10.1 Å². The Kier molecular flexibility index (Phi) is 3.55. The zero-order valence-corrected chi connectivity index (χ0v) is 11.5. The Labute approximate surface area is 121 Å². The molecule has 0 fully saturated rings. The third-order valence-electron chi connectivity index (χ3n) is 3.38. The molecule has 2 aromatic rings. The van der Waals surface area contributed by atoms with Crippen LogP contribution in [-0.2, 0) is 22.9 Å². The summed E-state index contributed by atoms with van der Waals surface area (Å²) >= 11 is 0. The molecule has 0 atom stereocenters. The van der Waals surface area contributed by atoms with Gasteiger partial charge in [-0.05, 0) is 29.7 Å². The summed E-state index contributed by atoms with van der Waals surface area (Å²) in [4.78, 5) is 21.6. The van der Waals surface area contributed by atoms with Crippen molar-refractivity contribution in [2.75, 3.05) is 5.23 Å². The summed E-state index contributed by atoms with van der Waals surface area (Å²) in [6, 6.07) is 12.5. The van der Waals surface area contributed by atoms with Gasteiger partial charge in [-0.2, -0.15) is 0 Å². The molecule has 1 aliphatic rings. The summed E-state index contributed by atoms with van der Waals surface area (Å²) in [5, 5.41) is 12.1. The first-order valence-corrected chi connectivity index (χ1v) is 6.53. The van der Waals surface area contributed by atoms with E-state index in [1.165, 1.54) is 17.4 Å². The Balaban J connectivity index is 1.84. The minimum atomic E-state index is -0.420. The maximum Gasteiger partial charge on any atom is 0.269 e. The van der Waals surface area contributed by atoms with Gasteiger partial charge in [-0.25, -0.2) is 9.68 Å². The van der Waals surface area contributed by atoms with Crippen LogP contribution in [0.4, 0.5) is 11.4 Å². The van der Waals surface area contributed by atoms with E-state index in [1.807, 2.05) is 24.3 Å². The van der Waals surface area contributed by atoms with E-state index < -0.39 is 4.92 Å². The smallest absolute Gasteiger partial charge is 0.258 e. The van der Waals surface area contributed by atoms with Crippen LogP contribution in [0.2, 0.25) is 0 Å². The van der Waals surface area contributed by atoms with Crippen LogP contribution in [0.5, 0.6) is 0 Å². The number of hydrogen-bond donors (Lipinski definition) is 0. The van der Waals surface area contributed by atoms with E-state index in [0.717, 1.165) is 16.7 Å². The number of nitro benzene ring substituents is 1. The van der Waals surface area contributed by atoms with Crippen molar-refractivity contribution in [2.24, 2.45) is 0 Å². The number of benzene rings is 2. The molecule has 0 amide bonds. The summed E-state index contributed by atoms with van der Waals surface area (Å²) < 4.78 is 0. The summed E-state index contributed by atoms with van der Waals surface area (Å²) in [5.74, 6) is 0. The Morgan fingerprint density at radius 3 is 2.24 bits per heavy atom. The zero-order valence-electron chi connectivity index (χ0n) is 11.5. The number of fused-ring (bicyclic) bond motifs is 1. The molecule has 0 spiro atoms. The molecule has 2 aromatic carbocycles. The fourth-order valence-corrected chi connectivity index (χ4v) is 2.23. The maximum atomic E-state index is 10.8. The van der Waals surface area contributed by atoms with E-state index in [1.54, 1.807) is 13.0 Å². The first kappa shape index (κ1) is 13.5. The fraction of sp³-hybridized carbons (Fsp3) is 0.200. The van der Waals surface area contributed by atoms with Crippen molar-refractivity contribution in [3.8, 4) is 0 Å². The maximum absolute atomic E-state index is 10.8. The van der Waals surface area contributed by atoms with E-state index >= 15 is 0 Å². The average Bonchev–Trinajstić information content (AvgIpc) is 2.70. The van der Waals surface area contributed by atoms with Gasteiger partial charge < -0.3 is 0 Å². The number of hydrogen-bond acceptors (Lipinski definition) is 5. The number of nitrogens with zero attached hydrogens (tertiary/aromatic N) is 2. The number of rotatable bonds is 2. The van der Waals surface area contributed by atoms with Crippen molar-refractivity contribution in [3.05, 3.63) is 69.3 Å². The normalized spacial score (nSPS) is 14.4. The minimum Gasteiger partial charge on any atom is -0.258 e. The van der Waals surface area contributed by atoms with Crippen LogP contribution in [0.1, 0.15) is 16.7 Å². The SMILES string of the molecule is Cc1cc([N+](=O)[O-])ccc1N1OCc2ccccc2CO1. The Morgan fingerprint density at radius 1 is 1.10 bits per heavy atom. The Hall–Kier alpha value is -2.44. The third-order valence-corrected chi connectivity index (χ3v) is 3.38. The fourth-order valence-electron chi connectivity index (χ4n) is 2.23. The largest absolute Gasteiger partial charge is 0.269 e. The van der Waals surface area contributed by atoms with Crippen LogP contribution < -0.4 is 5.23 Å². The van der Waals surface area contributed by atoms with Crippen LogP contribution in [-0.4, -0.2) is 4.92 Å². The lowest BCUT2D eigenvalue weighted by molar-refractivity contribution is -0.384. The molecule has 3 rings (SSSR count). The van der Waals surface area contributed by atoms with Gasteiger partial charge in [0, 0.05) is 12.1 Å². The van der Waals surface area contributed by atoms with Crippen molar-refractivity contribution < 1.29 is 14.6 Å². The quantitative estimate of drug-likeness (QED) is 0.626. The molecule has 0 unspecified atom stereocenters. The van der Waals surface area contributed by atoms with Gasteiger partial charge in [-0.1, -0.05) is 24.3 Å². The van der Waals surface area contributed by atoms with Crippen LogP contribution in [0.25, 0.3) is 0 Å². The van der Waals surface area contributed by atoms with E-state index in [9.17, 15) is 10.1 Å². The molecule has 0 aromatic heterocycles. The van der Waals surface area contributed by atoms with Crippen molar-refractivity contribution in [2.45, 2.75) is 20.1 Å². The van der Waals surface area contributed by atoms with Gasteiger partial charge in [-0.15, -0.1) is 5.23 Å². The van der Waals surface area contributed by atoms with Crippen molar-refractivity contribution in [1.29, 1.82) is 0 Å². The van der Waals surface area contributed by atoms with Crippen molar-refractivity contribution in [1.82, 2.24) is 0 Å². The van der Waals surface area contributed by atoms with Gasteiger partial charge in [0.1, 0.15) is 13.2 Å². The molecule has 0 bridgehead atoms. The van der Waals surface area contributed by atoms with Gasteiger partial charge in [0.25, 0.3) is 5.69 Å². The van der Waals surface area contributed by atoms with Gasteiger partial charge in [0.2, 0.25) is 0 Å². The van der Waals surface area contributed by atoms with Crippen LogP contribution >= 0.6 is 0 Å². The van der Waals surface area contributed by atoms with E-state index in [0.29, 0.717) is 18.9 Å². The number of aryl methyl sites for hydroxylation is 1. The predicted octanol–water partition coefficient (Wildman–Crippen LogP) is 3.29. The number of nitro groups is 1. The van der Waals surface area contributed by atoms with E-state index in [2.05, 4.69) is 0 Å². The highest BCUT2D eigenvalue weighted by atomic mass is 16.9. The summed E-state index contributed by atoms with van der Waals surface area (Å²) in [5.41, 5.74) is 3.57. The van der Waals surface area contributed by atoms with Crippen LogP contribution in [0.3, 0.4) is 0 Å². The Morgan fingerprint density at radius 2 is 1.71 bits per heavy atom. The lowest BCUT2D eigenvalue weighted by atomic mass is 10.1. The minimum absolute atomic E-state index is 0.0503. The van der Waals surface area contributed by atoms with Gasteiger partial charge in [0.05, 0.1) is 10.6 Å². The second kappa shape index (κ2) is 5.51. The van der Waals surface area contributed by atoms with Crippen LogP contribution in [0.15, 0.2) is 42.5 Å². The summed E-state index contributed by atoms with van der Waals surface area (Å²) in [6.07, 6.45) is 0. The molecular formula is C15H14N2O4. The average molecular weight is 286 g/mol. The Bertz CT molecular complexity index is 660. The molecule has 6 nitrogen and oxygen atoms in total. The number of anilines is 1. The highest BCUT2D eigenvalue weighted by molar-refractivity contribution is 5.54. The second-order valence-electron chi connectivity index (χ2n) is 4.80. The lowest BCUT2D eigenvalue weighted by Gasteiger charge is -2.21. The highest BCUT2D eigenvalue weighted by Gasteiger charge is 2.19. The van der Waals surface area contributed by atoms with Crippen LogP contribution in [0, 0.1) is 17.0 Å². The molecule has 108 valence electrons. The molecule has 1 heterocycles. The van der Waals surface area contributed by atoms with E-state index in [4.69, 9.17) is 9.68 Å². The third kappa shape index (κ3) is 2.72. The number of non-ortho nitro benzene ring substituents is 1. The summed E-state index contributed by atoms with van der Waals surface area (Å²) in [7, 11) is 0. The highest BCUT2D eigenvalue weighted by Crippen LogP contribution is 2.28. The van der Waals surface area contributed by atoms with E-state index in [-0.39, 0.29) is 5.69 Å². The molecule has 1 aliphatic heterocycles. The van der Waals surface area contributed by atoms with Gasteiger partial charge in [0.15, 0.2) is 0 Å². The zero-order chi connectivity index (χ0) is 14.8. The molecule has 6 heteroatoms. The van der Waals surface area contributed by atoms with Crippen molar-refractivity contribution in [3.63, 3.8) is 0 Å². The first-order chi connectivity index (χ1) is 10.1. The molecule has 0 saturated heterocycles. The molecule has 0 N–H and O–H groups in total. The molecular weight excluding hydrogens is 272 g/mol. The van der Waals surface area contributed by atoms with Crippen molar-refractivity contribution >= 4 is 11.4 Å². The molecule has 0 aliphatic carbocycles. The first-order valence-electron chi connectivity index (χ1n) is 6.53. The lowest BCUT2D eigenvalue weighted by Crippen LogP contribution is -2.22. The summed E-state index contributed by atoms with van der Waals surface area (Å²) in [6.45, 7) is 2.58. The molecule has 21 heavy (non-hydrogen) atoms. The molecule has 0 saturated carbocycles. The standard InChI is InChI=1S/C15H14N2O4/c1-11-8-14(16(18)19)6-7-15(11)17-20-9-12-4-2-3-5-13(12)10-21-17/h2-8H,9-10H2,1H3. The monoisotopic (exact) mass is 286 g/mol. The van der Waals surface area contributed by atoms with Gasteiger partial charge >= 0.3 is 0 Å². The second-order valence-corrected chi connectivity index (χ2v) is 4.80. The predicted molar refractivity (Wildman–Crippen MR) is 76.3 cm³/mol.